The Morgan fingerprint density at radius 3 is 2.47 bits per heavy atom. The SMILES string of the molecule is O=c1cc(-c2ccc(Cl)cn2)nc(-c2ccc3c(c2)C2(CCCCC2)c2ccccc2-3)[nH]1. The monoisotopic (exact) mass is 439 g/mol. The van der Waals surface area contributed by atoms with Crippen molar-refractivity contribution in [3.63, 3.8) is 0 Å². The number of pyridine rings is 1. The minimum Gasteiger partial charge on any atom is -0.306 e. The number of fused-ring (bicyclic) bond motifs is 5. The van der Waals surface area contributed by atoms with E-state index >= 15 is 0 Å². The standard InChI is InChI=1S/C27H22ClN3O/c28-18-9-11-23(29-16-18)24-15-25(32)31-26(30-24)17-8-10-20-19-6-2-3-7-21(19)27(22(20)14-17)12-4-1-5-13-27/h2-3,6-11,14-16H,1,4-5,12-13H2,(H,30,31,32). The molecule has 4 nitrogen and oxygen atoms in total. The van der Waals surface area contributed by atoms with E-state index < -0.39 is 0 Å². The average molecular weight is 440 g/mol. The Labute approximate surface area is 191 Å². The molecule has 0 saturated heterocycles. The van der Waals surface area contributed by atoms with Gasteiger partial charge in [-0.25, -0.2) is 4.98 Å². The summed E-state index contributed by atoms with van der Waals surface area (Å²) in [5.41, 5.74) is 7.43. The third-order valence-corrected chi connectivity index (χ3v) is 7.20. The van der Waals surface area contributed by atoms with Crippen LogP contribution in [0.25, 0.3) is 33.9 Å². The van der Waals surface area contributed by atoms with Crippen molar-refractivity contribution in [2.24, 2.45) is 0 Å². The molecule has 4 aromatic rings. The summed E-state index contributed by atoms with van der Waals surface area (Å²) in [7, 11) is 0. The molecular formula is C27H22ClN3O. The van der Waals surface area contributed by atoms with Gasteiger partial charge in [0.15, 0.2) is 0 Å². The molecule has 0 bridgehead atoms. The third-order valence-electron chi connectivity index (χ3n) is 6.98. The third kappa shape index (κ3) is 3.01. The van der Waals surface area contributed by atoms with E-state index in [9.17, 15) is 4.79 Å². The molecular weight excluding hydrogens is 418 g/mol. The molecule has 1 fully saturated rings. The van der Waals surface area contributed by atoms with Crippen molar-refractivity contribution in [1.29, 1.82) is 0 Å². The number of hydrogen-bond acceptors (Lipinski definition) is 3. The highest BCUT2D eigenvalue weighted by Gasteiger charge is 2.43. The van der Waals surface area contributed by atoms with Crippen LogP contribution in [0, 0.1) is 0 Å². The lowest BCUT2D eigenvalue weighted by Crippen LogP contribution is -2.28. The van der Waals surface area contributed by atoms with Crippen molar-refractivity contribution in [3.05, 3.63) is 93.4 Å². The number of nitrogens with zero attached hydrogens (tertiary/aromatic N) is 2. The molecule has 0 aliphatic heterocycles. The van der Waals surface area contributed by atoms with Crippen LogP contribution >= 0.6 is 11.6 Å². The highest BCUT2D eigenvalue weighted by Crippen LogP contribution is 2.56. The first-order valence-electron chi connectivity index (χ1n) is 11.1. The molecule has 2 aromatic heterocycles. The van der Waals surface area contributed by atoms with E-state index in [1.807, 2.05) is 0 Å². The molecule has 0 radical (unpaired) electrons. The minimum absolute atomic E-state index is 0.0653. The Balaban J connectivity index is 1.50. The van der Waals surface area contributed by atoms with Gasteiger partial charge in [-0.2, -0.15) is 0 Å². The van der Waals surface area contributed by atoms with Gasteiger partial charge in [0.05, 0.1) is 16.4 Å². The number of hydrogen-bond donors (Lipinski definition) is 1. The van der Waals surface area contributed by atoms with E-state index in [1.165, 1.54) is 60.4 Å². The maximum absolute atomic E-state index is 12.5. The fourth-order valence-electron chi connectivity index (χ4n) is 5.55. The predicted molar refractivity (Wildman–Crippen MR) is 128 cm³/mol. The van der Waals surface area contributed by atoms with Crippen molar-refractivity contribution < 1.29 is 0 Å². The zero-order chi connectivity index (χ0) is 21.7. The van der Waals surface area contributed by atoms with Crippen LogP contribution in [-0.4, -0.2) is 15.0 Å². The normalized spacial score (nSPS) is 16.0. The maximum atomic E-state index is 12.5. The summed E-state index contributed by atoms with van der Waals surface area (Å²) in [5.74, 6) is 0.564. The lowest BCUT2D eigenvalue weighted by atomic mass is 9.67. The van der Waals surface area contributed by atoms with Gasteiger partial charge in [0, 0.05) is 23.2 Å². The van der Waals surface area contributed by atoms with E-state index in [2.05, 4.69) is 52.4 Å². The first-order valence-corrected chi connectivity index (χ1v) is 11.5. The molecule has 0 atom stereocenters. The van der Waals surface area contributed by atoms with E-state index in [0.717, 1.165) is 5.56 Å². The van der Waals surface area contributed by atoms with Gasteiger partial charge in [0.1, 0.15) is 5.82 Å². The summed E-state index contributed by atoms with van der Waals surface area (Å²) < 4.78 is 0. The van der Waals surface area contributed by atoms with Crippen molar-refractivity contribution in [3.8, 4) is 33.9 Å². The van der Waals surface area contributed by atoms with E-state index in [4.69, 9.17) is 16.6 Å². The fraction of sp³-hybridized carbons (Fsp3) is 0.222. The van der Waals surface area contributed by atoms with Gasteiger partial charge < -0.3 is 4.98 Å². The van der Waals surface area contributed by atoms with Gasteiger partial charge in [-0.15, -0.1) is 0 Å². The Bertz CT molecular complexity index is 1380. The van der Waals surface area contributed by atoms with E-state index in [1.54, 1.807) is 18.3 Å². The van der Waals surface area contributed by atoms with Crippen LogP contribution in [0.1, 0.15) is 43.2 Å². The van der Waals surface area contributed by atoms with Gasteiger partial charge in [0.2, 0.25) is 0 Å². The van der Waals surface area contributed by atoms with Crippen molar-refractivity contribution in [2.45, 2.75) is 37.5 Å². The van der Waals surface area contributed by atoms with Gasteiger partial charge >= 0.3 is 0 Å². The topological polar surface area (TPSA) is 58.6 Å². The van der Waals surface area contributed by atoms with Crippen molar-refractivity contribution in [2.75, 3.05) is 0 Å². The van der Waals surface area contributed by atoms with Crippen molar-refractivity contribution >= 4 is 11.6 Å². The second kappa shape index (κ2) is 7.42. The smallest absolute Gasteiger partial charge is 0.251 e. The molecule has 2 aromatic carbocycles. The summed E-state index contributed by atoms with van der Waals surface area (Å²) in [5, 5.41) is 0.551. The molecule has 6 rings (SSSR count). The van der Waals surface area contributed by atoms with Crippen molar-refractivity contribution in [1.82, 2.24) is 15.0 Å². The van der Waals surface area contributed by atoms with Gasteiger partial charge in [-0.1, -0.05) is 67.3 Å². The number of rotatable bonds is 2. The molecule has 32 heavy (non-hydrogen) atoms. The Kier molecular flexibility index (Phi) is 4.51. The number of aromatic amines is 1. The second-order valence-electron chi connectivity index (χ2n) is 8.79. The molecule has 0 unspecified atom stereocenters. The number of H-pyrrole nitrogens is 1. The van der Waals surface area contributed by atoms with Gasteiger partial charge in [-0.05, 0) is 53.3 Å². The minimum atomic E-state index is -0.196. The molecule has 5 heteroatoms. The van der Waals surface area contributed by atoms with E-state index in [0.29, 0.717) is 22.2 Å². The zero-order valence-electron chi connectivity index (χ0n) is 17.6. The Morgan fingerprint density at radius 1 is 0.844 bits per heavy atom. The fourth-order valence-corrected chi connectivity index (χ4v) is 5.66. The second-order valence-corrected chi connectivity index (χ2v) is 9.23. The molecule has 0 amide bonds. The quantitative estimate of drug-likeness (QED) is 0.394. The van der Waals surface area contributed by atoms with Crippen LogP contribution in [0.2, 0.25) is 5.02 Å². The number of benzene rings is 2. The maximum Gasteiger partial charge on any atom is 0.251 e. The Morgan fingerprint density at radius 2 is 1.66 bits per heavy atom. The summed E-state index contributed by atoms with van der Waals surface area (Å²) >= 11 is 5.97. The van der Waals surface area contributed by atoms with Crippen LogP contribution in [0.5, 0.6) is 0 Å². The molecule has 2 heterocycles. The number of nitrogens with one attached hydrogen (secondary N) is 1. The summed E-state index contributed by atoms with van der Waals surface area (Å²) in [6, 6.07) is 20.3. The van der Waals surface area contributed by atoms with E-state index in [-0.39, 0.29) is 11.0 Å². The number of aromatic nitrogens is 3. The van der Waals surface area contributed by atoms with Crippen LogP contribution in [0.15, 0.2) is 71.7 Å². The van der Waals surface area contributed by atoms with Gasteiger partial charge in [0.25, 0.3) is 5.56 Å². The molecule has 1 spiro atoms. The first-order chi connectivity index (χ1) is 15.6. The molecule has 1 saturated carbocycles. The molecule has 1 N–H and O–H groups in total. The summed E-state index contributed by atoms with van der Waals surface area (Å²) in [6.45, 7) is 0. The lowest BCUT2D eigenvalue weighted by molar-refractivity contribution is 0.353. The highest BCUT2D eigenvalue weighted by molar-refractivity contribution is 6.30. The largest absolute Gasteiger partial charge is 0.306 e. The van der Waals surface area contributed by atoms with Crippen LogP contribution in [0.4, 0.5) is 0 Å². The molecule has 158 valence electrons. The predicted octanol–water partition coefficient (Wildman–Crippen LogP) is 6.38. The van der Waals surface area contributed by atoms with Crippen LogP contribution in [0.3, 0.4) is 0 Å². The highest BCUT2D eigenvalue weighted by atomic mass is 35.5. The average Bonchev–Trinajstić information content (AvgIpc) is 3.09. The first kappa shape index (κ1) is 19.4. The van der Waals surface area contributed by atoms with Crippen LogP contribution in [-0.2, 0) is 5.41 Å². The molecule has 2 aliphatic rings. The molecule has 2 aliphatic carbocycles. The Hall–Kier alpha value is -3.24. The summed E-state index contributed by atoms with van der Waals surface area (Å²) in [4.78, 5) is 24.5. The summed E-state index contributed by atoms with van der Waals surface area (Å²) in [6.07, 6.45) is 7.68. The van der Waals surface area contributed by atoms with Gasteiger partial charge in [-0.3, -0.25) is 9.78 Å². The number of halogens is 1. The zero-order valence-corrected chi connectivity index (χ0v) is 18.3. The lowest BCUT2D eigenvalue weighted by Gasteiger charge is -2.36. The van der Waals surface area contributed by atoms with Crippen LogP contribution < -0.4 is 5.56 Å².